The molecule has 5 atom stereocenters. The van der Waals surface area contributed by atoms with Crippen LogP contribution in [0.2, 0.25) is 0 Å². The zero-order valence-electron chi connectivity index (χ0n) is 21.8. The van der Waals surface area contributed by atoms with Gasteiger partial charge in [0.05, 0.1) is 18.7 Å². The predicted octanol–water partition coefficient (Wildman–Crippen LogP) is 3.42. The number of hydrogen-bond acceptors (Lipinski definition) is 11. The monoisotopic (exact) mass is 596 g/mol. The van der Waals surface area contributed by atoms with E-state index in [-0.39, 0.29) is 6.61 Å². The van der Waals surface area contributed by atoms with E-state index >= 15 is 0 Å². The summed E-state index contributed by atoms with van der Waals surface area (Å²) in [7, 11) is 3.00. The summed E-state index contributed by atoms with van der Waals surface area (Å²) in [5.41, 5.74) is 0.464. The third-order valence-electron chi connectivity index (χ3n) is 5.82. The first kappa shape index (κ1) is 29.2. The van der Waals surface area contributed by atoms with Crippen LogP contribution in [0.5, 0.6) is 11.5 Å². The molecule has 1 aliphatic heterocycles. The molecule has 1 aliphatic rings. The zero-order valence-corrected chi connectivity index (χ0v) is 23.4. The summed E-state index contributed by atoms with van der Waals surface area (Å²) in [4.78, 5) is 48.1. The van der Waals surface area contributed by atoms with Crippen molar-refractivity contribution in [1.82, 2.24) is 0 Å². The molecule has 0 amide bonds. The Morgan fingerprint density at radius 3 is 1.82 bits per heavy atom. The van der Waals surface area contributed by atoms with Gasteiger partial charge in [0.2, 0.25) is 0 Å². The van der Waals surface area contributed by atoms with E-state index in [1.54, 1.807) is 18.2 Å². The highest BCUT2D eigenvalue weighted by atomic mass is 79.9. The Morgan fingerprint density at radius 2 is 1.26 bits per heavy atom. The minimum Gasteiger partial charge on any atom is -0.496 e. The van der Waals surface area contributed by atoms with E-state index in [1.807, 2.05) is 6.07 Å². The lowest BCUT2D eigenvalue weighted by atomic mass is 9.87. The van der Waals surface area contributed by atoms with Gasteiger partial charge in [0, 0.05) is 38.6 Å². The van der Waals surface area contributed by atoms with Gasteiger partial charge < -0.3 is 33.2 Å². The third-order valence-corrected chi connectivity index (χ3v) is 6.63. The fourth-order valence-electron chi connectivity index (χ4n) is 4.44. The van der Waals surface area contributed by atoms with E-state index in [9.17, 15) is 19.2 Å². The molecule has 11 nitrogen and oxygen atoms in total. The molecule has 0 bridgehead atoms. The van der Waals surface area contributed by atoms with Crippen molar-refractivity contribution in [1.29, 1.82) is 0 Å². The fourth-order valence-corrected chi connectivity index (χ4v) is 5.08. The number of hydrogen-bond donors (Lipinski definition) is 0. The zero-order chi connectivity index (χ0) is 28.1. The Labute approximate surface area is 227 Å². The van der Waals surface area contributed by atoms with Crippen LogP contribution in [-0.4, -0.2) is 69.1 Å². The molecule has 0 radical (unpaired) electrons. The van der Waals surface area contributed by atoms with E-state index in [4.69, 9.17) is 33.2 Å². The van der Waals surface area contributed by atoms with Crippen LogP contribution in [0, 0.1) is 0 Å². The molecule has 3 rings (SSSR count). The van der Waals surface area contributed by atoms with Gasteiger partial charge in [-0.25, -0.2) is 0 Å². The fraction of sp³-hybridized carbons (Fsp3) is 0.462. The lowest BCUT2D eigenvalue weighted by molar-refractivity contribution is -0.254. The maximum Gasteiger partial charge on any atom is 0.303 e. The van der Waals surface area contributed by atoms with Gasteiger partial charge in [-0.05, 0) is 39.5 Å². The van der Waals surface area contributed by atoms with Crippen molar-refractivity contribution in [2.45, 2.75) is 58.2 Å². The van der Waals surface area contributed by atoms with Gasteiger partial charge in [0.25, 0.3) is 0 Å². The summed E-state index contributed by atoms with van der Waals surface area (Å²) in [5.74, 6) is -1.75. The normalized spacial score (nSPS) is 22.8. The molecule has 38 heavy (non-hydrogen) atoms. The van der Waals surface area contributed by atoms with Crippen molar-refractivity contribution in [3.8, 4) is 11.5 Å². The second-order valence-corrected chi connectivity index (χ2v) is 9.27. The lowest BCUT2D eigenvalue weighted by Crippen LogP contribution is -2.59. The molecule has 0 aliphatic carbocycles. The summed E-state index contributed by atoms with van der Waals surface area (Å²) < 4.78 is 39.9. The molecule has 0 unspecified atom stereocenters. The van der Waals surface area contributed by atoms with Crippen molar-refractivity contribution in [3.05, 3.63) is 34.3 Å². The minimum absolute atomic E-state index is 0.334. The number of benzene rings is 2. The smallest absolute Gasteiger partial charge is 0.303 e. The molecule has 12 heteroatoms. The van der Waals surface area contributed by atoms with Crippen LogP contribution in [0.25, 0.3) is 10.8 Å². The van der Waals surface area contributed by atoms with Gasteiger partial charge in [-0.3, -0.25) is 19.2 Å². The van der Waals surface area contributed by atoms with Gasteiger partial charge in [-0.1, -0.05) is 6.07 Å². The molecule has 2 aromatic carbocycles. The Bertz CT molecular complexity index is 1230. The highest BCUT2D eigenvalue weighted by molar-refractivity contribution is 9.10. The van der Waals surface area contributed by atoms with Crippen LogP contribution in [0.4, 0.5) is 0 Å². The summed E-state index contributed by atoms with van der Waals surface area (Å²) in [6.07, 6.45) is -6.03. The molecule has 1 fully saturated rings. The van der Waals surface area contributed by atoms with Crippen LogP contribution in [0.15, 0.2) is 28.7 Å². The van der Waals surface area contributed by atoms with Gasteiger partial charge in [-0.2, -0.15) is 0 Å². The topological polar surface area (TPSA) is 133 Å². The molecule has 0 N–H and O–H groups in total. The summed E-state index contributed by atoms with van der Waals surface area (Å²) in [6.45, 7) is 4.40. The van der Waals surface area contributed by atoms with Crippen molar-refractivity contribution in [2.75, 3.05) is 20.8 Å². The molecule has 1 heterocycles. The first-order chi connectivity index (χ1) is 18.0. The van der Waals surface area contributed by atoms with Crippen LogP contribution >= 0.6 is 15.9 Å². The number of carbonyl (C=O) groups is 4. The maximum absolute atomic E-state index is 12.3. The quantitative estimate of drug-likeness (QED) is 0.328. The van der Waals surface area contributed by atoms with Crippen LogP contribution < -0.4 is 9.47 Å². The van der Waals surface area contributed by atoms with E-state index in [0.29, 0.717) is 26.9 Å². The Balaban J connectivity index is 2.29. The number of rotatable bonds is 8. The maximum atomic E-state index is 12.3. The summed E-state index contributed by atoms with van der Waals surface area (Å²) in [6, 6.07) is 7.04. The standard InChI is InChI=1S/C26H29BrO11/c1-12(28)34-11-20-23(35-13(2)29)25(36-14(3)30)26(37-15(4)31)24(38-20)21-16-7-10-19(33-6)22(27)17(16)8-9-18(21)32-5/h7-10,20,23-26H,11H2,1-6H3/t20-,23+,24+,25+,26+/m1/s1. The van der Waals surface area contributed by atoms with Crippen molar-refractivity contribution in [2.24, 2.45) is 0 Å². The number of fused-ring (bicyclic) bond motifs is 1. The first-order valence-electron chi connectivity index (χ1n) is 11.6. The molecule has 1 saturated heterocycles. The van der Waals surface area contributed by atoms with Crippen molar-refractivity contribution in [3.63, 3.8) is 0 Å². The van der Waals surface area contributed by atoms with Crippen molar-refractivity contribution < 1.29 is 52.3 Å². The molecule has 0 aromatic heterocycles. The average Bonchev–Trinajstić information content (AvgIpc) is 2.84. The molecule has 2 aromatic rings. The number of carbonyl (C=O) groups excluding carboxylic acids is 4. The number of methoxy groups -OCH3 is 2. The predicted molar refractivity (Wildman–Crippen MR) is 136 cm³/mol. The van der Waals surface area contributed by atoms with Gasteiger partial charge in [0.15, 0.2) is 18.3 Å². The van der Waals surface area contributed by atoms with Gasteiger partial charge in [0.1, 0.15) is 30.3 Å². The SMILES string of the molecule is COc1ccc2c([C@@H]3O[C@H](COC(C)=O)[C@H](OC(C)=O)[C@H](OC(C)=O)[C@H]3OC(C)=O)c(OC)ccc2c1Br. The number of ether oxygens (including phenoxy) is 7. The molecule has 206 valence electrons. The Hall–Kier alpha value is -3.38. The molecular formula is C26H29BrO11. The molecule has 0 spiro atoms. The van der Waals surface area contributed by atoms with E-state index < -0.39 is 54.4 Å². The largest absolute Gasteiger partial charge is 0.496 e. The second kappa shape index (κ2) is 12.4. The van der Waals surface area contributed by atoms with Crippen LogP contribution in [-0.2, 0) is 42.9 Å². The summed E-state index contributed by atoms with van der Waals surface area (Å²) >= 11 is 3.56. The Kier molecular flexibility index (Phi) is 9.55. The second-order valence-electron chi connectivity index (χ2n) is 8.48. The van der Waals surface area contributed by atoms with Gasteiger partial charge >= 0.3 is 23.9 Å². The van der Waals surface area contributed by atoms with Gasteiger partial charge in [-0.15, -0.1) is 0 Å². The van der Waals surface area contributed by atoms with E-state index in [2.05, 4.69) is 15.9 Å². The minimum atomic E-state index is -1.30. The number of halogens is 1. The van der Waals surface area contributed by atoms with Crippen molar-refractivity contribution >= 4 is 50.6 Å². The first-order valence-corrected chi connectivity index (χ1v) is 12.4. The Morgan fingerprint density at radius 1 is 0.737 bits per heavy atom. The number of esters is 4. The molecular weight excluding hydrogens is 568 g/mol. The van der Waals surface area contributed by atoms with Crippen LogP contribution in [0.1, 0.15) is 39.4 Å². The lowest BCUT2D eigenvalue weighted by Gasteiger charge is -2.45. The summed E-state index contributed by atoms with van der Waals surface area (Å²) in [5, 5.41) is 1.38. The third kappa shape index (κ3) is 6.36. The molecule has 0 saturated carbocycles. The highest BCUT2D eigenvalue weighted by Crippen LogP contribution is 2.46. The van der Waals surface area contributed by atoms with E-state index in [0.717, 1.165) is 5.39 Å². The average molecular weight is 597 g/mol. The van der Waals surface area contributed by atoms with E-state index in [1.165, 1.54) is 41.9 Å². The highest BCUT2D eigenvalue weighted by Gasteiger charge is 2.53. The van der Waals surface area contributed by atoms with Crippen LogP contribution in [0.3, 0.4) is 0 Å².